The molecule has 3 rings (SSSR count). The molecule has 0 radical (unpaired) electrons. The summed E-state index contributed by atoms with van der Waals surface area (Å²) in [4.78, 5) is 24.6. The number of anilines is 1. The lowest BCUT2D eigenvalue weighted by atomic mass is 9.85. The Kier molecular flexibility index (Phi) is 5.58. The number of hydrogen-bond acceptors (Lipinski definition) is 6. The van der Waals surface area contributed by atoms with E-state index in [0.717, 1.165) is 31.1 Å². The van der Waals surface area contributed by atoms with Crippen LogP contribution in [0, 0.1) is 0 Å². The number of carbonyl (C=O) groups is 2. The molecule has 0 bridgehead atoms. The van der Waals surface area contributed by atoms with Crippen LogP contribution < -0.4 is 4.31 Å². The fraction of sp³-hybridized carbons (Fsp3) is 0.579. The quantitative estimate of drug-likeness (QED) is 0.603. The van der Waals surface area contributed by atoms with E-state index in [1.54, 1.807) is 18.2 Å². The SMILES string of the molecule is CS(=O)(=O)N1CCCc2cc(C(=O)COC(=O)C3(O)CCCCC3)ccc21. The van der Waals surface area contributed by atoms with Crippen molar-refractivity contribution in [2.24, 2.45) is 0 Å². The van der Waals surface area contributed by atoms with Gasteiger partial charge in [0.15, 0.2) is 18.0 Å². The van der Waals surface area contributed by atoms with Gasteiger partial charge in [0.1, 0.15) is 0 Å². The molecule has 1 heterocycles. The van der Waals surface area contributed by atoms with Crippen LogP contribution in [-0.2, 0) is 26.0 Å². The molecule has 0 saturated heterocycles. The largest absolute Gasteiger partial charge is 0.455 e. The minimum atomic E-state index is -3.36. The summed E-state index contributed by atoms with van der Waals surface area (Å²) in [5.74, 6) is -1.11. The third-order valence-corrected chi connectivity index (χ3v) is 6.45. The molecule has 1 N–H and O–H groups in total. The molecule has 1 fully saturated rings. The molecule has 0 spiro atoms. The molecule has 7 nitrogen and oxygen atoms in total. The molecule has 2 aliphatic rings. The summed E-state index contributed by atoms with van der Waals surface area (Å²) in [6, 6.07) is 4.84. The van der Waals surface area contributed by atoms with Crippen molar-refractivity contribution in [2.45, 2.75) is 50.5 Å². The van der Waals surface area contributed by atoms with Gasteiger partial charge in [-0.2, -0.15) is 0 Å². The number of esters is 1. The Morgan fingerprint density at radius 2 is 1.89 bits per heavy atom. The van der Waals surface area contributed by atoms with E-state index in [1.165, 1.54) is 4.31 Å². The number of fused-ring (bicyclic) bond motifs is 1. The molecule has 1 saturated carbocycles. The van der Waals surface area contributed by atoms with Crippen LogP contribution in [0.5, 0.6) is 0 Å². The van der Waals surface area contributed by atoms with Gasteiger partial charge in [-0.1, -0.05) is 6.42 Å². The summed E-state index contributed by atoms with van der Waals surface area (Å²) < 4.78 is 30.2. The summed E-state index contributed by atoms with van der Waals surface area (Å²) in [5, 5.41) is 10.3. The van der Waals surface area contributed by atoms with Gasteiger partial charge in [-0.05, 0) is 62.3 Å². The highest BCUT2D eigenvalue weighted by molar-refractivity contribution is 7.92. The second kappa shape index (κ2) is 7.59. The first kappa shape index (κ1) is 19.8. The van der Waals surface area contributed by atoms with Gasteiger partial charge in [0.05, 0.1) is 11.9 Å². The summed E-state index contributed by atoms with van der Waals surface area (Å²) in [7, 11) is -3.36. The van der Waals surface area contributed by atoms with Gasteiger partial charge in [0, 0.05) is 12.1 Å². The molecule has 1 aliphatic heterocycles. The van der Waals surface area contributed by atoms with Crippen molar-refractivity contribution in [3.8, 4) is 0 Å². The van der Waals surface area contributed by atoms with E-state index in [0.29, 0.717) is 43.5 Å². The number of rotatable bonds is 5. The van der Waals surface area contributed by atoms with Crippen LogP contribution in [-0.4, -0.2) is 50.3 Å². The Bertz CT molecular complexity index is 842. The van der Waals surface area contributed by atoms with Crippen molar-refractivity contribution in [2.75, 3.05) is 23.7 Å². The second-order valence-electron chi connectivity index (χ2n) is 7.37. The zero-order valence-corrected chi connectivity index (χ0v) is 16.3. The normalized spacial score (nSPS) is 19.3. The first-order chi connectivity index (χ1) is 12.7. The summed E-state index contributed by atoms with van der Waals surface area (Å²) in [6.45, 7) is -0.00889. The van der Waals surface area contributed by atoms with E-state index in [9.17, 15) is 23.1 Å². The number of nitrogens with zero attached hydrogens (tertiary/aromatic N) is 1. The van der Waals surface area contributed by atoms with Gasteiger partial charge < -0.3 is 9.84 Å². The van der Waals surface area contributed by atoms with Gasteiger partial charge in [-0.15, -0.1) is 0 Å². The zero-order valence-electron chi connectivity index (χ0n) is 15.4. The van der Waals surface area contributed by atoms with Crippen LogP contribution in [0.15, 0.2) is 18.2 Å². The van der Waals surface area contributed by atoms with Gasteiger partial charge in [-0.25, -0.2) is 13.2 Å². The molecule has 1 aromatic rings. The number of benzene rings is 1. The monoisotopic (exact) mass is 395 g/mol. The van der Waals surface area contributed by atoms with E-state index < -0.39 is 28.2 Å². The molecule has 27 heavy (non-hydrogen) atoms. The van der Waals surface area contributed by atoms with E-state index in [-0.39, 0.29) is 5.78 Å². The van der Waals surface area contributed by atoms with Crippen molar-refractivity contribution in [3.63, 3.8) is 0 Å². The van der Waals surface area contributed by atoms with Gasteiger partial charge in [0.25, 0.3) is 0 Å². The van der Waals surface area contributed by atoms with Crippen molar-refractivity contribution < 1.29 is 27.9 Å². The first-order valence-corrected chi connectivity index (χ1v) is 11.1. The fourth-order valence-electron chi connectivity index (χ4n) is 3.77. The lowest BCUT2D eigenvalue weighted by molar-refractivity contribution is -0.167. The summed E-state index contributed by atoms with van der Waals surface area (Å²) in [6.07, 6.45) is 5.76. The average Bonchev–Trinajstić information content (AvgIpc) is 2.64. The van der Waals surface area contributed by atoms with E-state index in [1.807, 2.05) is 0 Å². The molecule has 0 atom stereocenters. The molecule has 0 amide bonds. The Morgan fingerprint density at radius 3 is 2.56 bits per heavy atom. The van der Waals surface area contributed by atoms with E-state index >= 15 is 0 Å². The minimum absolute atomic E-state index is 0.361. The van der Waals surface area contributed by atoms with E-state index in [4.69, 9.17) is 4.74 Å². The third-order valence-electron chi connectivity index (χ3n) is 5.27. The Balaban J connectivity index is 1.68. The minimum Gasteiger partial charge on any atom is -0.455 e. The number of aryl methyl sites for hydroxylation is 1. The summed E-state index contributed by atoms with van der Waals surface area (Å²) in [5.41, 5.74) is 0.265. The molecular formula is C19H25NO6S. The first-order valence-electron chi connectivity index (χ1n) is 9.24. The van der Waals surface area contributed by atoms with Crippen LogP contribution in [0.3, 0.4) is 0 Å². The molecule has 8 heteroatoms. The van der Waals surface area contributed by atoms with Gasteiger partial charge in [0.2, 0.25) is 10.0 Å². The third kappa shape index (κ3) is 4.32. The Labute approximate surface area is 159 Å². The lowest BCUT2D eigenvalue weighted by Gasteiger charge is -2.30. The number of ether oxygens (including phenoxy) is 1. The lowest BCUT2D eigenvalue weighted by Crippen LogP contribution is -2.42. The molecule has 0 aromatic heterocycles. The highest BCUT2D eigenvalue weighted by atomic mass is 32.2. The van der Waals surface area contributed by atoms with Crippen molar-refractivity contribution in [1.29, 1.82) is 0 Å². The van der Waals surface area contributed by atoms with Crippen LogP contribution in [0.2, 0.25) is 0 Å². The smallest absolute Gasteiger partial charge is 0.338 e. The molecule has 1 aromatic carbocycles. The Morgan fingerprint density at radius 1 is 1.19 bits per heavy atom. The van der Waals surface area contributed by atoms with Crippen LogP contribution in [0.25, 0.3) is 0 Å². The van der Waals surface area contributed by atoms with Crippen molar-refractivity contribution >= 4 is 27.5 Å². The number of carbonyl (C=O) groups excluding carboxylic acids is 2. The number of Topliss-reactive ketones (excluding diaryl/α,β-unsaturated/α-hetero) is 1. The van der Waals surface area contributed by atoms with Gasteiger partial charge >= 0.3 is 5.97 Å². The number of ketones is 1. The van der Waals surface area contributed by atoms with Crippen LogP contribution in [0.4, 0.5) is 5.69 Å². The highest BCUT2D eigenvalue weighted by Crippen LogP contribution is 2.31. The van der Waals surface area contributed by atoms with Crippen LogP contribution >= 0.6 is 0 Å². The topological polar surface area (TPSA) is 101 Å². The number of hydrogen-bond donors (Lipinski definition) is 1. The van der Waals surface area contributed by atoms with Gasteiger partial charge in [-0.3, -0.25) is 9.10 Å². The predicted molar refractivity (Wildman–Crippen MR) is 100 cm³/mol. The maximum atomic E-state index is 12.4. The van der Waals surface area contributed by atoms with Crippen molar-refractivity contribution in [1.82, 2.24) is 0 Å². The van der Waals surface area contributed by atoms with Crippen LogP contribution in [0.1, 0.15) is 54.4 Å². The maximum absolute atomic E-state index is 12.4. The standard InChI is InChI=1S/C19H25NO6S/c1-27(24,25)20-11-5-6-14-12-15(7-8-16(14)20)17(21)13-26-18(22)19(23)9-3-2-4-10-19/h7-8,12,23H,2-6,9-11,13H2,1H3. The molecule has 148 valence electrons. The second-order valence-corrected chi connectivity index (χ2v) is 9.28. The average molecular weight is 395 g/mol. The fourth-order valence-corrected chi connectivity index (χ4v) is 4.77. The molecule has 1 aliphatic carbocycles. The number of aliphatic hydroxyl groups is 1. The van der Waals surface area contributed by atoms with Crippen molar-refractivity contribution in [3.05, 3.63) is 29.3 Å². The molecule has 0 unspecified atom stereocenters. The number of sulfonamides is 1. The molecular weight excluding hydrogens is 370 g/mol. The maximum Gasteiger partial charge on any atom is 0.338 e. The summed E-state index contributed by atoms with van der Waals surface area (Å²) >= 11 is 0. The van der Waals surface area contributed by atoms with E-state index in [2.05, 4.69) is 0 Å². The highest BCUT2D eigenvalue weighted by Gasteiger charge is 2.39. The Hall–Kier alpha value is -1.93. The zero-order chi connectivity index (χ0) is 19.7. The predicted octanol–water partition coefficient (Wildman–Crippen LogP) is 1.82.